The Bertz CT molecular complexity index is 374. The summed E-state index contributed by atoms with van der Waals surface area (Å²) < 4.78 is 0. The minimum atomic E-state index is -1.16. The number of carbonyl (C=O) groups is 2. The molecule has 2 aliphatic rings. The van der Waals surface area contributed by atoms with Gasteiger partial charge < -0.3 is 20.4 Å². The van der Waals surface area contributed by atoms with Gasteiger partial charge in [-0.1, -0.05) is 5.16 Å². The van der Waals surface area contributed by atoms with Crippen LogP contribution in [0.4, 0.5) is 0 Å². The normalized spacial score (nSPS) is 31.4. The van der Waals surface area contributed by atoms with Gasteiger partial charge in [-0.25, -0.2) is 4.79 Å². The third kappa shape index (κ3) is 2.98. The molecule has 0 aromatic rings. The quantitative estimate of drug-likeness (QED) is 0.638. The highest BCUT2D eigenvalue weighted by molar-refractivity contribution is 6.36. The number of amides is 1. The summed E-state index contributed by atoms with van der Waals surface area (Å²) in [6.07, 6.45) is 1.68. The molecule has 2 rings (SSSR count). The van der Waals surface area contributed by atoms with Gasteiger partial charge in [-0.2, -0.15) is 0 Å². The van der Waals surface area contributed by atoms with Gasteiger partial charge in [-0.05, 0) is 25.7 Å². The Balaban J connectivity index is 1.78. The first-order chi connectivity index (χ1) is 8.56. The van der Waals surface area contributed by atoms with E-state index in [9.17, 15) is 14.7 Å². The monoisotopic (exact) mass is 256 g/mol. The number of carboxylic acid groups (broad SMARTS) is 1. The Morgan fingerprint density at radius 1 is 1.28 bits per heavy atom. The van der Waals surface area contributed by atoms with E-state index < -0.39 is 12.1 Å². The molecule has 18 heavy (non-hydrogen) atoms. The lowest BCUT2D eigenvalue weighted by molar-refractivity contribution is -0.132. The second kappa shape index (κ2) is 5.34. The lowest BCUT2D eigenvalue weighted by Crippen LogP contribution is -2.43. The second-order valence-corrected chi connectivity index (χ2v) is 4.66. The number of carbonyl (C=O) groups excluding carboxylic acids is 1. The molecule has 3 N–H and O–H groups in total. The highest BCUT2D eigenvalue weighted by Gasteiger charge is 2.33. The number of aliphatic hydroxyl groups excluding tert-OH is 1. The molecule has 7 nitrogen and oxygen atoms in total. The molecule has 1 fully saturated rings. The molecule has 0 radical (unpaired) electrons. The van der Waals surface area contributed by atoms with Crippen LogP contribution in [-0.2, 0) is 14.4 Å². The van der Waals surface area contributed by atoms with E-state index in [0.717, 1.165) is 12.8 Å². The lowest BCUT2D eigenvalue weighted by atomic mass is 9.93. The van der Waals surface area contributed by atoms with E-state index in [1.165, 1.54) is 0 Å². The van der Waals surface area contributed by atoms with E-state index in [-0.39, 0.29) is 30.2 Å². The highest BCUT2D eigenvalue weighted by Crippen LogP contribution is 2.19. The number of carboxylic acids is 1. The van der Waals surface area contributed by atoms with E-state index in [2.05, 4.69) is 10.5 Å². The van der Waals surface area contributed by atoms with Gasteiger partial charge in [0.1, 0.15) is 0 Å². The first-order valence-corrected chi connectivity index (χ1v) is 6.00. The first-order valence-electron chi connectivity index (χ1n) is 6.00. The molecular weight excluding hydrogens is 240 g/mol. The zero-order valence-corrected chi connectivity index (χ0v) is 9.83. The van der Waals surface area contributed by atoms with E-state index in [4.69, 9.17) is 9.94 Å². The van der Waals surface area contributed by atoms with Crippen molar-refractivity contribution in [3.05, 3.63) is 0 Å². The number of hydrogen-bond donors (Lipinski definition) is 3. The molecule has 1 heterocycles. The van der Waals surface area contributed by atoms with Crippen LogP contribution < -0.4 is 5.32 Å². The first kappa shape index (κ1) is 12.8. The Morgan fingerprint density at radius 2 is 1.94 bits per heavy atom. The number of hydrogen-bond acceptors (Lipinski definition) is 5. The number of nitrogens with zero attached hydrogens (tertiary/aromatic N) is 1. The van der Waals surface area contributed by atoms with Gasteiger partial charge in [0.2, 0.25) is 6.10 Å². The van der Waals surface area contributed by atoms with Crippen LogP contribution in [0.3, 0.4) is 0 Å². The van der Waals surface area contributed by atoms with Crippen molar-refractivity contribution in [1.29, 1.82) is 0 Å². The zero-order valence-electron chi connectivity index (χ0n) is 9.83. The molecule has 1 amide bonds. The molecule has 1 unspecified atom stereocenters. The van der Waals surface area contributed by atoms with Crippen molar-refractivity contribution in [3.8, 4) is 0 Å². The molecule has 0 spiro atoms. The maximum absolute atomic E-state index is 11.8. The molecular formula is C11H16N2O5. The van der Waals surface area contributed by atoms with Crippen LogP contribution in [0.2, 0.25) is 0 Å². The predicted octanol–water partition coefficient (Wildman–Crippen LogP) is -0.364. The average Bonchev–Trinajstić information content (AvgIpc) is 2.81. The number of aliphatic hydroxyl groups is 1. The molecule has 1 aliphatic carbocycles. The van der Waals surface area contributed by atoms with Crippen LogP contribution in [0.1, 0.15) is 32.1 Å². The van der Waals surface area contributed by atoms with Gasteiger partial charge in [-0.15, -0.1) is 0 Å². The van der Waals surface area contributed by atoms with E-state index >= 15 is 0 Å². The van der Waals surface area contributed by atoms with E-state index in [0.29, 0.717) is 12.8 Å². The van der Waals surface area contributed by atoms with Gasteiger partial charge in [0.15, 0.2) is 5.71 Å². The van der Waals surface area contributed by atoms with E-state index in [1.54, 1.807) is 0 Å². The van der Waals surface area contributed by atoms with Crippen LogP contribution in [-0.4, -0.2) is 46.1 Å². The Morgan fingerprint density at radius 3 is 2.50 bits per heavy atom. The van der Waals surface area contributed by atoms with Crippen molar-refractivity contribution < 1.29 is 24.6 Å². The molecule has 0 saturated heterocycles. The molecule has 1 saturated carbocycles. The van der Waals surface area contributed by atoms with Gasteiger partial charge >= 0.3 is 5.97 Å². The highest BCUT2D eigenvalue weighted by atomic mass is 16.6. The summed E-state index contributed by atoms with van der Waals surface area (Å²) in [6.45, 7) is 0. The summed E-state index contributed by atoms with van der Waals surface area (Å²) in [5, 5.41) is 24.2. The van der Waals surface area contributed by atoms with Crippen LogP contribution in [0, 0.1) is 0 Å². The Hall–Kier alpha value is -1.63. The summed E-state index contributed by atoms with van der Waals surface area (Å²) in [7, 11) is 0. The van der Waals surface area contributed by atoms with Gasteiger partial charge in [0, 0.05) is 12.5 Å². The van der Waals surface area contributed by atoms with Crippen molar-refractivity contribution >= 4 is 17.6 Å². The summed E-state index contributed by atoms with van der Waals surface area (Å²) in [6, 6.07) is 0.0263. The fourth-order valence-corrected chi connectivity index (χ4v) is 2.16. The maximum Gasteiger partial charge on any atom is 0.353 e. The van der Waals surface area contributed by atoms with E-state index in [1.807, 2.05) is 0 Å². The largest absolute Gasteiger partial charge is 0.477 e. The minimum Gasteiger partial charge on any atom is -0.477 e. The van der Waals surface area contributed by atoms with Crippen molar-refractivity contribution in [1.82, 2.24) is 5.32 Å². The SMILES string of the molecule is O=C(O)C1=NOC(C(=O)NC2CCC(O)CC2)C1. The minimum absolute atomic E-state index is 0.00346. The number of aliphatic carboxylic acids is 1. The third-order valence-corrected chi connectivity index (χ3v) is 3.25. The molecule has 7 heteroatoms. The van der Waals surface area contributed by atoms with Crippen molar-refractivity contribution in [2.24, 2.45) is 5.16 Å². The number of oxime groups is 1. The molecule has 0 bridgehead atoms. The van der Waals surface area contributed by atoms with Crippen LogP contribution in [0.25, 0.3) is 0 Å². The number of rotatable bonds is 3. The molecule has 0 aromatic carbocycles. The summed E-state index contributed by atoms with van der Waals surface area (Å²) in [5.74, 6) is -1.50. The van der Waals surface area contributed by atoms with Crippen molar-refractivity contribution in [2.75, 3.05) is 0 Å². The topological polar surface area (TPSA) is 108 Å². The van der Waals surface area contributed by atoms with Crippen molar-refractivity contribution in [3.63, 3.8) is 0 Å². The summed E-state index contributed by atoms with van der Waals surface area (Å²) in [5.41, 5.74) is -0.130. The van der Waals surface area contributed by atoms with Gasteiger partial charge in [0.25, 0.3) is 5.91 Å². The van der Waals surface area contributed by atoms with Crippen molar-refractivity contribution in [2.45, 2.75) is 50.4 Å². The summed E-state index contributed by atoms with van der Waals surface area (Å²) in [4.78, 5) is 27.2. The van der Waals surface area contributed by atoms with Crippen LogP contribution in [0.15, 0.2) is 5.16 Å². The molecule has 0 aromatic heterocycles. The zero-order chi connectivity index (χ0) is 13.1. The van der Waals surface area contributed by atoms with Crippen LogP contribution >= 0.6 is 0 Å². The second-order valence-electron chi connectivity index (χ2n) is 4.66. The standard InChI is InChI=1S/C11H16N2O5/c14-7-3-1-6(2-4-7)12-10(15)9-5-8(11(16)17)13-18-9/h6-7,9,14H,1-5H2,(H,12,15)(H,16,17). The molecule has 1 aliphatic heterocycles. The predicted molar refractivity (Wildman–Crippen MR) is 61.0 cm³/mol. The fourth-order valence-electron chi connectivity index (χ4n) is 2.16. The summed E-state index contributed by atoms with van der Waals surface area (Å²) >= 11 is 0. The average molecular weight is 256 g/mol. The smallest absolute Gasteiger partial charge is 0.353 e. The fraction of sp³-hybridized carbons (Fsp3) is 0.727. The maximum atomic E-state index is 11.8. The molecule has 1 atom stereocenters. The van der Waals surface area contributed by atoms with Gasteiger partial charge in [0.05, 0.1) is 6.10 Å². The number of nitrogens with one attached hydrogen (secondary N) is 1. The Labute approximate surface area is 104 Å². The third-order valence-electron chi connectivity index (χ3n) is 3.25. The Kier molecular flexibility index (Phi) is 3.81. The van der Waals surface area contributed by atoms with Crippen LogP contribution in [0.5, 0.6) is 0 Å². The molecule has 100 valence electrons. The van der Waals surface area contributed by atoms with Gasteiger partial charge in [-0.3, -0.25) is 4.79 Å². The lowest BCUT2D eigenvalue weighted by Gasteiger charge is -2.26.